The number of rotatable bonds is 7. The van der Waals surface area contributed by atoms with Gasteiger partial charge in [-0.05, 0) is 56.8 Å². The molecule has 3 aliphatic rings. The van der Waals surface area contributed by atoms with Crippen molar-refractivity contribution in [3.8, 4) is 0 Å². The number of aliphatic hydroxyl groups excluding tert-OH is 1. The summed E-state index contributed by atoms with van der Waals surface area (Å²) in [4.78, 5) is 2.72. The predicted molar refractivity (Wildman–Crippen MR) is 78.2 cm³/mol. The lowest BCUT2D eigenvalue weighted by Crippen LogP contribution is -2.51. The first-order valence-electron chi connectivity index (χ1n) is 8.42. The summed E-state index contributed by atoms with van der Waals surface area (Å²) in [6.07, 6.45) is 10.7. The van der Waals surface area contributed by atoms with E-state index < -0.39 is 0 Å². The fourth-order valence-electron chi connectivity index (χ4n) is 3.79. The van der Waals surface area contributed by atoms with Crippen molar-refractivity contribution >= 4 is 0 Å². The highest BCUT2D eigenvalue weighted by atomic mass is 16.2. The van der Waals surface area contributed by atoms with Crippen molar-refractivity contribution < 1.29 is 5.11 Å². The van der Waals surface area contributed by atoms with Crippen molar-refractivity contribution in [1.29, 1.82) is 0 Å². The molecule has 0 amide bonds. The molecule has 2 aliphatic carbocycles. The highest BCUT2D eigenvalue weighted by Gasteiger charge is 2.32. The molecule has 1 saturated heterocycles. The molecule has 2 saturated carbocycles. The van der Waals surface area contributed by atoms with Crippen LogP contribution in [0.2, 0.25) is 0 Å². The van der Waals surface area contributed by atoms with Crippen molar-refractivity contribution in [2.45, 2.75) is 63.5 Å². The van der Waals surface area contributed by atoms with Gasteiger partial charge in [0.2, 0.25) is 0 Å². The topological polar surface area (TPSA) is 35.5 Å². The second-order valence-electron chi connectivity index (χ2n) is 7.12. The molecule has 110 valence electrons. The summed E-state index contributed by atoms with van der Waals surface area (Å²) in [5, 5.41) is 12.9. The van der Waals surface area contributed by atoms with E-state index in [1.54, 1.807) is 0 Å². The van der Waals surface area contributed by atoms with Crippen molar-refractivity contribution in [3.63, 3.8) is 0 Å². The Morgan fingerprint density at radius 1 is 1.00 bits per heavy atom. The largest absolute Gasteiger partial charge is 0.396 e. The second kappa shape index (κ2) is 6.55. The fraction of sp³-hybridized carbons (Fsp3) is 1.00. The van der Waals surface area contributed by atoms with Crippen molar-refractivity contribution in [2.75, 3.05) is 26.2 Å². The highest BCUT2D eigenvalue weighted by molar-refractivity contribution is 4.91. The molecule has 0 aromatic rings. The van der Waals surface area contributed by atoms with Crippen LogP contribution in [0.5, 0.6) is 0 Å². The Hall–Kier alpha value is -0.120. The summed E-state index contributed by atoms with van der Waals surface area (Å²) in [5.41, 5.74) is 0. The third kappa shape index (κ3) is 4.17. The maximum Gasteiger partial charge on any atom is 0.0431 e. The summed E-state index contributed by atoms with van der Waals surface area (Å²) in [5.74, 6) is 1.79. The smallest absolute Gasteiger partial charge is 0.0431 e. The molecule has 3 fully saturated rings. The van der Waals surface area contributed by atoms with Gasteiger partial charge in [-0.3, -0.25) is 0 Å². The van der Waals surface area contributed by atoms with Gasteiger partial charge in [0.15, 0.2) is 0 Å². The van der Waals surface area contributed by atoms with Gasteiger partial charge in [0, 0.05) is 38.3 Å². The summed E-state index contributed by atoms with van der Waals surface area (Å²) in [6.45, 7) is 4.24. The Balaban J connectivity index is 1.49. The molecule has 1 aliphatic heterocycles. The molecule has 0 bridgehead atoms. The van der Waals surface area contributed by atoms with Gasteiger partial charge < -0.3 is 15.3 Å². The number of hydrogen-bond donors (Lipinski definition) is 2. The van der Waals surface area contributed by atoms with Crippen LogP contribution in [0.4, 0.5) is 0 Å². The van der Waals surface area contributed by atoms with Crippen LogP contribution in [0.1, 0.15) is 51.4 Å². The van der Waals surface area contributed by atoms with Crippen LogP contribution >= 0.6 is 0 Å². The second-order valence-corrected chi connectivity index (χ2v) is 7.12. The van der Waals surface area contributed by atoms with Crippen LogP contribution in [0.3, 0.4) is 0 Å². The zero-order valence-corrected chi connectivity index (χ0v) is 12.2. The molecule has 0 aromatic carbocycles. The lowest BCUT2D eigenvalue weighted by molar-refractivity contribution is 0.0948. The van der Waals surface area contributed by atoms with E-state index in [2.05, 4.69) is 10.2 Å². The lowest BCUT2D eigenvalue weighted by Gasteiger charge is -2.41. The molecule has 0 aromatic heterocycles. The average molecular weight is 266 g/mol. The first-order valence-corrected chi connectivity index (χ1v) is 8.42. The molecule has 3 heteroatoms. The molecule has 1 heterocycles. The van der Waals surface area contributed by atoms with Crippen LogP contribution in [-0.2, 0) is 0 Å². The van der Waals surface area contributed by atoms with Gasteiger partial charge in [0.05, 0.1) is 0 Å². The molecule has 3 nitrogen and oxygen atoms in total. The molecule has 3 rings (SSSR count). The van der Waals surface area contributed by atoms with E-state index in [1.165, 1.54) is 64.6 Å². The van der Waals surface area contributed by atoms with Crippen molar-refractivity contribution in [3.05, 3.63) is 0 Å². The zero-order valence-electron chi connectivity index (χ0n) is 12.2. The number of nitrogens with zero attached hydrogens (tertiary/aromatic N) is 1. The maximum absolute atomic E-state index is 9.05. The van der Waals surface area contributed by atoms with E-state index in [-0.39, 0.29) is 0 Å². The molecule has 0 spiro atoms. The van der Waals surface area contributed by atoms with Gasteiger partial charge in [0.25, 0.3) is 0 Å². The summed E-state index contributed by atoms with van der Waals surface area (Å²) in [6, 6.07) is 1.54. The normalized spacial score (nSPS) is 33.3. The minimum Gasteiger partial charge on any atom is -0.396 e. The summed E-state index contributed by atoms with van der Waals surface area (Å²) in [7, 11) is 0. The number of hydrogen-bond acceptors (Lipinski definition) is 3. The Morgan fingerprint density at radius 3 is 2.47 bits per heavy atom. The standard InChI is InChI=1S/C16H30N2O/c19-8-2-5-14-9-16(17-15-6-7-15)12-18(11-14)10-13-3-1-4-13/h13-17,19H,1-12H2. The molecule has 2 atom stereocenters. The van der Waals surface area contributed by atoms with E-state index in [1.807, 2.05) is 0 Å². The van der Waals surface area contributed by atoms with Crippen LogP contribution in [0.15, 0.2) is 0 Å². The maximum atomic E-state index is 9.05. The average Bonchev–Trinajstić information content (AvgIpc) is 3.15. The minimum absolute atomic E-state index is 0.361. The predicted octanol–water partition coefficient (Wildman–Crippen LogP) is 2.00. The van der Waals surface area contributed by atoms with E-state index >= 15 is 0 Å². The number of nitrogens with one attached hydrogen (secondary N) is 1. The molecular weight excluding hydrogens is 236 g/mol. The van der Waals surface area contributed by atoms with Crippen molar-refractivity contribution in [1.82, 2.24) is 10.2 Å². The Labute approximate surface area is 117 Å². The number of likely N-dealkylation sites (tertiary alicyclic amines) is 1. The first-order chi connectivity index (χ1) is 9.33. The molecule has 2 N–H and O–H groups in total. The van der Waals surface area contributed by atoms with E-state index in [4.69, 9.17) is 5.11 Å². The molecule has 2 unspecified atom stereocenters. The Kier molecular flexibility index (Phi) is 4.78. The first kappa shape index (κ1) is 13.8. The third-order valence-electron chi connectivity index (χ3n) is 5.17. The monoisotopic (exact) mass is 266 g/mol. The number of aliphatic hydroxyl groups is 1. The number of piperidine rings is 1. The van der Waals surface area contributed by atoms with Gasteiger partial charge in [-0.2, -0.15) is 0 Å². The van der Waals surface area contributed by atoms with Crippen LogP contribution in [-0.4, -0.2) is 48.3 Å². The lowest BCUT2D eigenvalue weighted by atomic mass is 9.83. The van der Waals surface area contributed by atoms with Gasteiger partial charge in [-0.25, -0.2) is 0 Å². The fourth-order valence-corrected chi connectivity index (χ4v) is 3.79. The van der Waals surface area contributed by atoms with E-state index in [0.29, 0.717) is 12.6 Å². The Bertz CT molecular complexity index is 276. The molecule has 19 heavy (non-hydrogen) atoms. The quantitative estimate of drug-likeness (QED) is 0.740. The third-order valence-corrected chi connectivity index (χ3v) is 5.17. The van der Waals surface area contributed by atoms with E-state index in [0.717, 1.165) is 24.3 Å². The van der Waals surface area contributed by atoms with Gasteiger partial charge >= 0.3 is 0 Å². The highest BCUT2D eigenvalue weighted by Crippen LogP contribution is 2.30. The molecular formula is C16H30N2O. The summed E-state index contributed by atoms with van der Waals surface area (Å²) >= 11 is 0. The minimum atomic E-state index is 0.361. The van der Waals surface area contributed by atoms with Crippen LogP contribution < -0.4 is 5.32 Å². The SMILES string of the molecule is OCCCC1CC(NC2CC2)CN(CC2CCC2)C1. The van der Waals surface area contributed by atoms with Gasteiger partial charge in [-0.15, -0.1) is 0 Å². The van der Waals surface area contributed by atoms with Gasteiger partial charge in [-0.1, -0.05) is 6.42 Å². The summed E-state index contributed by atoms with van der Waals surface area (Å²) < 4.78 is 0. The van der Waals surface area contributed by atoms with Crippen molar-refractivity contribution in [2.24, 2.45) is 11.8 Å². The molecule has 0 radical (unpaired) electrons. The van der Waals surface area contributed by atoms with E-state index in [9.17, 15) is 0 Å². The van der Waals surface area contributed by atoms with Gasteiger partial charge in [0.1, 0.15) is 0 Å². The Morgan fingerprint density at radius 2 is 1.84 bits per heavy atom. The van der Waals surface area contributed by atoms with Crippen LogP contribution in [0.25, 0.3) is 0 Å². The van der Waals surface area contributed by atoms with Crippen LogP contribution in [0, 0.1) is 11.8 Å². The zero-order chi connectivity index (χ0) is 13.1.